The van der Waals surface area contributed by atoms with Crippen molar-refractivity contribution < 1.29 is 9.90 Å². The molecule has 0 aliphatic heterocycles. The van der Waals surface area contributed by atoms with Crippen LogP contribution < -0.4 is 5.32 Å². The predicted molar refractivity (Wildman–Crippen MR) is 83.9 cm³/mol. The summed E-state index contributed by atoms with van der Waals surface area (Å²) in [4.78, 5) is 12.9. The number of aliphatic hydroxyl groups excluding tert-OH is 1. The minimum absolute atomic E-state index is 0.0345. The number of thiophene rings is 1. The van der Waals surface area contributed by atoms with E-state index in [1.165, 1.54) is 11.3 Å². The number of hydrogen-bond acceptors (Lipinski definition) is 3. The summed E-state index contributed by atoms with van der Waals surface area (Å²) >= 11 is 1.46. The zero-order valence-electron chi connectivity index (χ0n) is 12.4. The molecule has 1 amide bonds. The minimum Gasteiger partial charge on any atom is -0.395 e. The van der Waals surface area contributed by atoms with Crippen molar-refractivity contribution in [3.8, 4) is 11.8 Å². The molecule has 0 saturated carbocycles. The van der Waals surface area contributed by atoms with Crippen molar-refractivity contribution in [2.75, 3.05) is 6.61 Å². The molecule has 0 aliphatic carbocycles. The molecule has 0 radical (unpaired) electrons. The fourth-order valence-electron chi connectivity index (χ4n) is 1.69. The molecule has 110 valence electrons. The van der Waals surface area contributed by atoms with Gasteiger partial charge in [0.15, 0.2) is 0 Å². The van der Waals surface area contributed by atoms with E-state index in [4.69, 9.17) is 5.11 Å². The van der Waals surface area contributed by atoms with Gasteiger partial charge >= 0.3 is 0 Å². The van der Waals surface area contributed by atoms with Gasteiger partial charge in [-0.2, -0.15) is 0 Å². The molecule has 1 aromatic rings. The summed E-state index contributed by atoms with van der Waals surface area (Å²) in [6, 6.07) is 1.99. The largest absolute Gasteiger partial charge is 0.395 e. The molecule has 1 aromatic heterocycles. The van der Waals surface area contributed by atoms with Crippen LogP contribution >= 0.6 is 11.3 Å². The number of aliphatic hydroxyl groups is 1. The number of nitrogens with one attached hydrogen (secondary N) is 1. The molecule has 2 N–H and O–H groups in total. The lowest BCUT2D eigenvalue weighted by molar-refractivity contribution is 0.0937. The fraction of sp³-hybridized carbons (Fsp3) is 0.562. The normalized spacial score (nSPS) is 11.8. The van der Waals surface area contributed by atoms with Crippen LogP contribution in [-0.4, -0.2) is 23.7 Å². The Balaban J connectivity index is 2.50. The zero-order valence-corrected chi connectivity index (χ0v) is 13.2. The van der Waals surface area contributed by atoms with E-state index in [-0.39, 0.29) is 18.6 Å². The highest BCUT2D eigenvalue weighted by Gasteiger charge is 2.11. The molecule has 1 heterocycles. The summed E-state index contributed by atoms with van der Waals surface area (Å²) in [6.07, 6.45) is 2.57. The highest BCUT2D eigenvalue weighted by atomic mass is 32.1. The highest BCUT2D eigenvalue weighted by Crippen LogP contribution is 2.14. The molecule has 0 aromatic carbocycles. The van der Waals surface area contributed by atoms with Gasteiger partial charge in [0, 0.05) is 17.8 Å². The summed E-state index contributed by atoms with van der Waals surface area (Å²) in [5, 5.41) is 13.5. The Kier molecular flexibility index (Phi) is 7.35. The lowest BCUT2D eigenvalue weighted by Crippen LogP contribution is -2.32. The average molecular weight is 293 g/mol. The van der Waals surface area contributed by atoms with Crippen LogP contribution in [0.15, 0.2) is 11.4 Å². The summed E-state index contributed by atoms with van der Waals surface area (Å²) in [5.41, 5.74) is 0.666. The van der Waals surface area contributed by atoms with Gasteiger partial charge < -0.3 is 10.4 Å². The van der Waals surface area contributed by atoms with Crippen molar-refractivity contribution in [3.05, 3.63) is 21.9 Å². The first-order chi connectivity index (χ1) is 9.52. The van der Waals surface area contributed by atoms with Crippen LogP contribution in [-0.2, 0) is 0 Å². The number of carbonyl (C=O) groups is 1. The van der Waals surface area contributed by atoms with Crippen LogP contribution in [0.5, 0.6) is 0 Å². The van der Waals surface area contributed by atoms with E-state index >= 15 is 0 Å². The van der Waals surface area contributed by atoms with Gasteiger partial charge in [0.1, 0.15) is 0 Å². The maximum absolute atomic E-state index is 12.1. The summed E-state index contributed by atoms with van der Waals surface area (Å²) in [7, 11) is 0. The fourth-order valence-corrected chi connectivity index (χ4v) is 2.44. The smallest absolute Gasteiger partial charge is 0.252 e. The third-order valence-electron chi connectivity index (χ3n) is 2.86. The predicted octanol–water partition coefficient (Wildman–Crippen LogP) is 3.04. The molecule has 0 aliphatic rings. The summed E-state index contributed by atoms with van der Waals surface area (Å²) < 4.78 is 0. The van der Waals surface area contributed by atoms with Gasteiger partial charge in [-0.25, -0.2) is 0 Å². The van der Waals surface area contributed by atoms with Crippen LogP contribution in [0.3, 0.4) is 0 Å². The van der Waals surface area contributed by atoms with Crippen LogP contribution in [0, 0.1) is 17.8 Å². The van der Waals surface area contributed by atoms with Crippen molar-refractivity contribution in [1.82, 2.24) is 5.32 Å². The van der Waals surface area contributed by atoms with Gasteiger partial charge in [0.25, 0.3) is 5.91 Å². The second kappa shape index (κ2) is 8.78. The van der Waals surface area contributed by atoms with Gasteiger partial charge in [-0.15, -0.1) is 11.3 Å². The van der Waals surface area contributed by atoms with E-state index in [2.05, 4.69) is 31.0 Å². The Hall–Kier alpha value is -1.31. The quantitative estimate of drug-likeness (QED) is 0.792. The molecule has 1 atom stereocenters. The van der Waals surface area contributed by atoms with E-state index in [1.807, 2.05) is 12.3 Å². The van der Waals surface area contributed by atoms with Crippen molar-refractivity contribution in [2.45, 2.75) is 46.1 Å². The SMILES string of the molecule is CC(C)CCC(C)NC(=O)c1csc(C#CCCO)c1. The summed E-state index contributed by atoms with van der Waals surface area (Å²) in [5.74, 6) is 6.42. The van der Waals surface area contributed by atoms with Crippen LogP contribution in [0.2, 0.25) is 0 Å². The average Bonchev–Trinajstić information content (AvgIpc) is 2.85. The maximum atomic E-state index is 12.1. The lowest BCUT2D eigenvalue weighted by Gasteiger charge is -2.14. The summed E-state index contributed by atoms with van der Waals surface area (Å²) in [6.45, 7) is 6.48. The molecule has 4 heteroatoms. The molecule has 0 fully saturated rings. The molecular weight excluding hydrogens is 270 g/mol. The number of carbonyl (C=O) groups excluding carboxylic acids is 1. The van der Waals surface area contributed by atoms with Crippen molar-refractivity contribution in [2.24, 2.45) is 5.92 Å². The first-order valence-electron chi connectivity index (χ1n) is 7.02. The lowest BCUT2D eigenvalue weighted by atomic mass is 10.0. The Labute approximate surface area is 125 Å². The van der Waals surface area contributed by atoms with Crippen molar-refractivity contribution in [3.63, 3.8) is 0 Å². The second-order valence-corrected chi connectivity index (χ2v) is 6.23. The van der Waals surface area contributed by atoms with Crippen LogP contribution in [0.4, 0.5) is 0 Å². The van der Waals surface area contributed by atoms with E-state index in [1.54, 1.807) is 6.07 Å². The topological polar surface area (TPSA) is 49.3 Å². The standard InChI is InChI=1S/C16H23NO2S/c1-12(2)7-8-13(3)17-16(19)14-10-15(20-11-14)6-4-5-9-18/h10-13,18H,5,7-9H2,1-3H3,(H,17,19). The van der Waals surface area contributed by atoms with Gasteiger partial charge in [-0.05, 0) is 31.7 Å². The number of amides is 1. The molecule has 0 bridgehead atoms. The van der Waals surface area contributed by atoms with Crippen LogP contribution in [0.25, 0.3) is 0 Å². The monoisotopic (exact) mass is 293 g/mol. The third kappa shape index (κ3) is 6.23. The molecule has 20 heavy (non-hydrogen) atoms. The van der Waals surface area contributed by atoms with Crippen molar-refractivity contribution in [1.29, 1.82) is 0 Å². The number of hydrogen-bond donors (Lipinski definition) is 2. The molecule has 0 spiro atoms. The highest BCUT2D eigenvalue weighted by molar-refractivity contribution is 7.10. The van der Waals surface area contributed by atoms with Crippen molar-refractivity contribution >= 4 is 17.2 Å². The Bertz CT molecular complexity index is 482. The van der Waals surface area contributed by atoms with Gasteiger partial charge in [-0.1, -0.05) is 25.7 Å². The third-order valence-corrected chi connectivity index (χ3v) is 3.71. The van der Waals surface area contributed by atoms with E-state index in [0.717, 1.165) is 17.7 Å². The Morgan fingerprint density at radius 2 is 2.15 bits per heavy atom. The molecule has 0 saturated heterocycles. The first-order valence-corrected chi connectivity index (χ1v) is 7.90. The second-order valence-electron chi connectivity index (χ2n) is 5.32. The van der Waals surface area contributed by atoms with Gasteiger partial charge in [0.2, 0.25) is 0 Å². The van der Waals surface area contributed by atoms with E-state index in [0.29, 0.717) is 17.9 Å². The zero-order chi connectivity index (χ0) is 15.0. The Morgan fingerprint density at radius 3 is 2.80 bits per heavy atom. The van der Waals surface area contributed by atoms with Crippen LogP contribution in [0.1, 0.15) is 55.3 Å². The van der Waals surface area contributed by atoms with Gasteiger partial charge in [0.05, 0.1) is 17.0 Å². The van der Waals surface area contributed by atoms with E-state index < -0.39 is 0 Å². The maximum Gasteiger partial charge on any atom is 0.252 e. The minimum atomic E-state index is -0.0345. The Morgan fingerprint density at radius 1 is 1.40 bits per heavy atom. The number of rotatable bonds is 6. The molecule has 1 rings (SSSR count). The molecule has 1 unspecified atom stereocenters. The van der Waals surface area contributed by atoms with Gasteiger partial charge in [-0.3, -0.25) is 4.79 Å². The van der Waals surface area contributed by atoms with E-state index in [9.17, 15) is 4.79 Å². The molecular formula is C16H23NO2S. The first kappa shape index (κ1) is 16.7. The molecule has 3 nitrogen and oxygen atoms in total.